The Morgan fingerprint density at radius 3 is 2.59 bits per heavy atom. The molecule has 4 aromatic rings. The van der Waals surface area contributed by atoms with Crippen LogP contribution in [0.2, 0.25) is 5.02 Å². The number of nitrogens with one attached hydrogen (secondary N) is 2. The Morgan fingerprint density at radius 1 is 1.11 bits per heavy atom. The van der Waals surface area contributed by atoms with Crippen molar-refractivity contribution in [2.75, 3.05) is 10.0 Å². The highest BCUT2D eigenvalue weighted by Gasteiger charge is 2.25. The van der Waals surface area contributed by atoms with Crippen LogP contribution < -0.4 is 10.0 Å². The summed E-state index contributed by atoms with van der Waals surface area (Å²) in [7, 11) is -4.14. The molecule has 2 aromatic heterocycles. The molecule has 4 rings (SSSR count). The number of hydrogen-bond acceptors (Lipinski definition) is 7. The van der Waals surface area contributed by atoms with E-state index >= 15 is 0 Å². The van der Waals surface area contributed by atoms with Crippen LogP contribution in [-0.4, -0.2) is 29.6 Å². The first-order chi connectivity index (χ1) is 17.4. The summed E-state index contributed by atoms with van der Waals surface area (Å²) in [5, 5.41) is 3.14. The van der Waals surface area contributed by atoms with Crippen molar-refractivity contribution in [1.29, 1.82) is 0 Å². The SMILES string of the molecule is CC(C)(C)OC(=O)Nc1cccc(C[S+]([O-])c2ccc(Cl)cc2NS(=O)(=O)c2cc3ccccc3o2)n1. The molecule has 0 bridgehead atoms. The number of rotatable bonds is 7. The van der Waals surface area contributed by atoms with Gasteiger partial charge < -0.3 is 13.7 Å². The Labute approximate surface area is 222 Å². The molecule has 1 atom stereocenters. The number of halogens is 1. The summed E-state index contributed by atoms with van der Waals surface area (Å²) in [6, 6.07) is 17.6. The van der Waals surface area contributed by atoms with Gasteiger partial charge in [-0.3, -0.25) is 10.0 Å². The van der Waals surface area contributed by atoms with Crippen LogP contribution in [-0.2, 0) is 31.7 Å². The summed E-state index contributed by atoms with van der Waals surface area (Å²) in [5.41, 5.74) is 0.204. The van der Waals surface area contributed by atoms with E-state index in [4.69, 9.17) is 20.8 Å². The molecule has 37 heavy (non-hydrogen) atoms. The number of fused-ring (bicyclic) bond motifs is 1. The van der Waals surface area contributed by atoms with Crippen molar-refractivity contribution in [1.82, 2.24) is 4.98 Å². The van der Waals surface area contributed by atoms with Crippen molar-refractivity contribution in [3.8, 4) is 0 Å². The molecule has 0 aliphatic rings. The summed E-state index contributed by atoms with van der Waals surface area (Å²) >= 11 is 4.39. The van der Waals surface area contributed by atoms with E-state index in [2.05, 4.69) is 15.0 Å². The van der Waals surface area contributed by atoms with Gasteiger partial charge in [0.1, 0.15) is 22.7 Å². The molecule has 2 heterocycles. The number of pyridine rings is 1. The van der Waals surface area contributed by atoms with E-state index in [1.807, 2.05) is 0 Å². The molecular formula is C25H24ClN3O6S2. The summed E-state index contributed by atoms with van der Waals surface area (Å²) in [6.45, 7) is 5.23. The van der Waals surface area contributed by atoms with Crippen molar-refractivity contribution in [2.45, 2.75) is 42.1 Å². The van der Waals surface area contributed by atoms with Gasteiger partial charge in [0.25, 0.3) is 10.0 Å². The van der Waals surface area contributed by atoms with Crippen LogP contribution in [0.5, 0.6) is 0 Å². The van der Waals surface area contributed by atoms with E-state index in [9.17, 15) is 17.8 Å². The van der Waals surface area contributed by atoms with E-state index in [1.54, 1.807) is 63.2 Å². The Kier molecular flexibility index (Phi) is 7.69. The molecule has 1 unspecified atom stereocenters. The minimum Gasteiger partial charge on any atom is -0.611 e. The molecule has 0 spiro atoms. The molecule has 0 saturated heterocycles. The highest BCUT2D eigenvalue weighted by molar-refractivity contribution is 7.93. The van der Waals surface area contributed by atoms with E-state index in [-0.39, 0.29) is 32.3 Å². The van der Waals surface area contributed by atoms with Gasteiger partial charge >= 0.3 is 6.09 Å². The van der Waals surface area contributed by atoms with Crippen LogP contribution in [0.4, 0.5) is 16.3 Å². The van der Waals surface area contributed by atoms with Crippen molar-refractivity contribution >= 4 is 61.4 Å². The lowest BCUT2D eigenvalue weighted by molar-refractivity contribution is 0.0635. The van der Waals surface area contributed by atoms with Gasteiger partial charge in [0.15, 0.2) is 10.6 Å². The van der Waals surface area contributed by atoms with E-state index < -0.39 is 32.9 Å². The number of para-hydroxylation sites is 1. The molecule has 0 saturated carbocycles. The van der Waals surface area contributed by atoms with E-state index in [0.717, 1.165) is 0 Å². The van der Waals surface area contributed by atoms with Gasteiger partial charge in [0.2, 0.25) is 5.09 Å². The van der Waals surface area contributed by atoms with Crippen molar-refractivity contribution in [3.63, 3.8) is 0 Å². The Morgan fingerprint density at radius 2 is 1.86 bits per heavy atom. The van der Waals surface area contributed by atoms with Gasteiger partial charge in [-0.2, -0.15) is 8.42 Å². The molecule has 0 fully saturated rings. The number of hydrogen-bond donors (Lipinski definition) is 2. The van der Waals surface area contributed by atoms with Crippen LogP contribution in [0.15, 0.2) is 81.1 Å². The number of sulfonamides is 1. The van der Waals surface area contributed by atoms with E-state index in [1.165, 1.54) is 24.3 Å². The van der Waals surface area contributed by atoms with Gasteiger partial charge in [0.05, 0.1) is 5.69 Å². The molecule has 2 N–H and O–H groups in total. The second kappa shape index (κ2) is 10.6. The quantitative estimate of drug-likeness (QED) is 0.267. The lowest BCUT2D eigenvalue weighted by Crippen LogP contribution is -2.27. The molecule has 0 radical (unpaired) electrons. The number of benzene rings is 2. The van der Waals surface area contributed by atoms with Crippen LogP contribution in [0.25, 0.3) is 11.0 Å². The molecule has 12 heteroatoms. The number of amides is 1. The van der Waals surface area contributed by atoms with Crippen LogP contribution in [0, 0.1) is 0 Å². The highest BCUT2D eigenvalue weighted by Crippen LogP contribution is 2.31. The number of anilines is 2. The average molecular weight is 562 g/mol. The Hall–Kier alpha value is -3.25. The number of carbonyl (C=O) groups excluding carboxylic acids is 1. The van der Waals surface area contributed by atoms with E-state index in [0.29, 0.717) is 16.7 Å². The largest absolute Gasteiger partial charge is 0.611 e. The third kappa shape index (κ3) is 6.95. The smallest absolute Gasteiger partial charge is 0.413 e. The zero-order chi connectivity index (χ0) is 26.8. The van der Waals surface area contributed by atoms with Gasteiger partial charge in [-0.05, 0) is 68.3 Å². The van der Waals surface area contributed by atoms with Crippen molar-refractivity contribution < 1.29 is 26.9 Å². The van der Waals surface area contributed by atoms with Gasteiger partial charge in [-0.15, -0.1) is 0 Å². The number of ether oxygens (including phenoxy) is 1. The Bertz CT molecular complexity index is 1520. The third-order valence-corrected chi connectivity index (χ3v) is 7.67. The summed E-state index contributed by atoms with van der Waals surface area (Å²) < 4.78 is 52.5. The van der Waals surface area contributed by atoms with Gasteiger partial charge in [0, 0.05) is 16.5 Å². The maximum absolute atomic E-state index is 13.3. The summed E-state index contributed by atoms with van der Waals surface area (Å²) in [6.07, 6.45) is -0.668. The fourth-order valence-corrected chi connectivity index (χ4v) is 5.75. The highest BCUT2D eigenvalue weighted by atomic mass is 35.5. The van der Waals surface area contributed by atoms with Crippen molar-refractivity contribution in [2.24, 2.45) is 0 Å². The molecule has 2 aromatic carbocycles. The first-order valence-electron chi connectivity index (χ1n) is 11.0. The fraction of sp³-hybridized carbons (Fsp3) is 0.200. The Balaban J connectivity index is 1.54. The normalized spacial score (nSPS) is 12.8. The maximum atomic E-state index is 13.3. The third-order valence-electron chi connectivity index (χ3n) is 4.81. The first-order valence-corrected chi connectivity index (χ1v) is 14.2. The van der Waals surface area contributed by atoms with Gasteiger partial charge in [-0.25, -0.2) is 9.78 Å². The topological polar surface area (TPSA) is 134 Å². The van der Waals surface area contributed by atoms with Crippen LogP contribution in [0.3, 0.4) is 0 Å². The van der Waals surface area contributed by atoms with Crippen LogP contribution >= 0.6 is 11.6 Å². The van der Waals surface area contributed by atoms with Crippen LogP contribution in [0.1, 0.15) is 26.5 Å². The monoisotopic (exact) mass is 561 g/mol. The number of nitrogens with zero attached hydrogens (tertiary/aromatic N) is 1. The lowest BCUT2D eigenvalue weighted by Gasteiger charge is -2.19. The average Bonchev–Trinajstić information content (AvgIpc) is 3.23. The molecule has 9 nitrogen and oxygen atoms in total. The molecule has 194 valence electrons. The van der Waals surface area contributed by atoms with Crippen molar-refractivity contribution in [3.05, 3.63) is 77.4 Å². The summed E-state index contributed by atoms with van der Waals surface area (Å²) in [5.74, 6) is 0.177. The lowest BCUT2D eigenvalue weighted by atomic mass is 10.2. The molecule has 1 amide bonds. The first kappa shape index (κ1) is 26.8. The van der Waals surface area contributed by atoms with Gasteiger partial charge in [-0.1, -0.05) is 35.9 Å². The minimum atomic E-state index is -4.14. The second-order valence-corrected chi connectivity index (χ2v) is 12.4. The zero-order valence-electron chi connectivity index (χ0n) is 20.1. The maximum Gasteiger partial charge on any atom is 0.413 e. The number of furan rings is 1. The minimum absolute atomic E-state index is 0.0503. The molecule has 0 aliphatic carbocycles. The molecule has 0 aliphatic heterocycles. The number of aromatic nitrogens is 1. The predicted octanol–water partition coefficient (Wildman–Crippen LogP) is 5.94. The second-order valence-electron chi connectivity index (χ2n) is 8.98. The standard InChI is InChI=1S/C25H24ClN3O6S2/c1-25(2,3)35-24(30)28-22-10-6-8-18(27-22)15-36(31)21-12-11-17(26)14-19(21)29-37(32,33)23-13-16-7-4-5-9-20(16)34-23/h4-14,29H,15H2,1-3H3,(H,27,28,30). The predicted molar refractivity (Wildman–Crippen MR) is 143 cm³/mol. The summed E-state index contributed by atoms with van der Waals surface area (Å²) in [4.78, 5) is 16.6. The molecular weight excluding hydrogens is 538 g/mol. The fourth-order valence-electron chi connectivity index (χ4n) is 3.32. The zero-order valence-corrected chi connectivity index (χ0v) is 22.5. The number of carbonyl (C=O) groups is 1.